The quantitative estimate of drug-likeness (QED) is 0.523. The number of nitrogens with one attached hydrogen (secondary N) is 1. The fourth-order valence-electron chi connectivity index (χ4n) is 3.58. The van der Waals surface area contributed by atoms with Crippen LogP contribution in [0.4, 0.5) is 0 Å². The van der Waals surface area contributed by atoms with Gasteiger partial charge in [0.1, 0.15) is 0 Å². The Balaban J connectivity index is 1.66. The van der Waals surface area contributed by atoms with Crippen molar-refractivity contribution in [3.63, 3.8) is 0 Å². The summed E-state index contributed by atoms with van der Waals surface area (Å²) in [6.07, 6.45) is 3.41. The van der Waals surface area contributed by atoms with Crippen LogP contribution >= 0.6 is 11.6 Å². The molecule has 6 heteroatoms. The van der Waals surface area contributed by atoms with Gasteiger partial charge in [0.2, 0.25) is 5.91 Å². The molecule has 0 saturated carbocycles. The molecule has 5 nitrogen and oxygen atoms in total. The number of amides is 1. The van der Waals surface area contributed by atoms with E-state index < -0.39 is 0 Å². The van der Waals surface area contributed by atoms with Gasteiger partial charge < -0.3 is 10.2 Å². The smallest absolute Gasteiger partial charge is 0.244 e. The normalized spacial score (nSPS) is 12.5. The Bertz CT molecular complexity index is 1060. The zero-order valence-electron chi connectivity index (χ0n) is 18.5. The van der Waals surface area contributed by atoms with Gasteiger partial charge in [0.15, 0.2) is 0 Å². The fraction of sp³-hybridized carbons (Fsp3) is 0.280. The maximum atomic E-state index is 12.5. The highest BCUT2D eigenvalue weighted by atomic mass is 35.5. The van der Waals surface area contributed by atoms with Crippen molar-refractivity contribution < 1.29 is 4.79 Å². The summed E-state index contributed by atoms with van der Waals surface area (Å²) in [5.74, 6) is -0.125. The van der Waals surface area contributed by atoms with Gasteiger partial charge in [-0.15, -0.1) is 0 Å². The van der Waals surface area contributed by atoms with Crippen molar-refractivity contribution in [3.05, 3.63) is 93.8 Å². The predicted octanol–water partition coefficient (Wildman–Crippen LogP) is 4.63. The lowest BCUT2D eigenvalue weighted by Gasteiger charge is -2.24. The van der Waals surface area contributed by atoms with Crippen LogP contribution in [0.5, 0.6) is 0 Å². The summed E-state index contributed by atoms with van der Waals surface area (Å²) >= 11 is 6.29. The van der Waals surface area contributed by atoms with E-state index in [1.807, 2.05) is 81.2 Å². The Morgan fingerprint density at radius 3 is 2.48 bits per heavy atom. The van der Waals surface area contributed by atoms with Crippen LogP contribution in [0.3, 0.4) is 0 Å². The zero-order chi connectivity index (χ0) is 22.4. The number of carbonyl (C=O) groups excluding carboxylic acids is 1. The van der Waals surface area contributed by atoms with Crippen molar-refractivity contribution >= 4 is 23.6 Å². The molecule has 162 valence electrons. The van der Waals surface area contributed by atoms with Crippen molar-refractivity contribution in [2.24, 2.45) is 0 Å². The third kappa shape index (κ3) is 5.84. The molecule has 1 aromatic heterocycles. The second-order valence-electron chi connectivity index (χ2n) is 7.80. The number of likely N-dealkylation sites (N-methyl/N-ethyl adjacent to an activating group) is 1. The van der Waals surface area contributed by atoms with Crippen molar-refractivity contribution in [2.75, 3.05) is 20.6 Å². The summed E-state index contributed by atoms with van der Waals surface area (Å²) in [7, 11) is 4.03. The monoisotopic (exact) mass is 436 g/mol. The molecule has 3 rings (SSSR count). The van der Waals surface area contributed by atoms with Crippen molar-refractivity contribution in [3.8, 4) is 0 Å². The average Bonchev–Trinajstić information content (AvgIpc) is 3.01. The van der Waals surface area contributed by atoms with Crippen LogP contribution in [0, 0.1) is 13.8 Å². The number of carbonyl (C=O) groups is 1. The van der Waals surface area contributed by atoms with Crippen LogP contribution in [0.15, 0.2) is 60.7 Å². The zero-order valence-corrected chi connectivity index (χ0v) is 19.2. The van der Waals surface area contributed by atoms with Gasteiger partial charge in [-0.25, -0.2) is 0 Å². The third-order valence-electron chi connectivity index (χ3n) is 5.39. The molecule has 0 fully saturated rings. The van der Waals surface area contributed by atoms with Gasteiger partial charge >= 0.3 is 0 Å². The second kappa shape index (κ2) is 10.4. The molecule has 0 spiro atoms. The molecule has 0 bridgehead atoms. The van der Waals surface area contributed by atoms with E-state index in [9.17, 15) is 4.79 Å². The van der Waals surface area contributed by atoms with Crippen molar-refractivity contribution in [1.29, 1.82) is 0 Å². The number of halogens is 1. The summed E-state index contributed by atoms with van der Waals surface area (Å²) in [4.78, 5) is 14.6. The minimum atomic E-state index is -0.125. The van der Waals surface area contributed by atoms with E-state index in [-0.39, 0.29) is 11.9 Å². The lowest BCUT2D eigenvalue weighted by Crippen LogP contribution is -2.33. The van der Waals surface area contributed by atoms with Crippen LogP contribution in [-0.2, 0) is 11.3 Å². The number of benzene rings is 2. The Labute approximate surface area is 189 Å². The van der Waals surface area contributed by atoms with Crippen molar-refractivity contribution in [2.45, 2.75) is 26.4 Å². The summed E-state index contributed by atoms with van der Waals surface area (Å²) in [5.41, 5.74) is 5.01. The molecule has 1 N–H and O–H groups in total. The highest BCUT2D eigenvalue weighted by Gasteiger charge is 2.15. The number of nitrogens with zero attached hydrogens (tertiary/aromatic N) is 3. The van der Waals surface area contributed by atoms with Crippen LogP contribution in [0.25, 0.3) is 6.08 Å². The van der Waals surface area contributed by atoms with Crippen molar-refractivity contribution in [1.82, 2.24) is 20.0 Å². The van der Waals surface area contributed by atoms with Crippen LogP contribution in [-0.4, -0.2) is 41.2 Å². The van der Waals surface area contributed by atoms with E-state index in [1.165, 1.54) is 5.56 Å². The van der Waals surface area contributed by atoms with E-state index in [1.54, 1.807) is 6.08 Å². The molecule has 31 heavy (non-hydrogen) atoms. The highest BCUT2D eigenvalue weighted by Crippen LogP contribution is 2.20. The van der Waals surface area contributed by atoms with E-state index in [0.717, 1.165) is 27.5 Å². The molecule has 0 aliphatic rings. The Hall–Kier alpha value is -2.89. The van der Waals surface area contributed by atoms with Gasteiger partial charge in [-0.1, -0.05) is 60.1 Å². The standard InChI is InChI=1S/C25H29ClN4O/c1-18-22(19(2)30(28-18)17-21-12-8-9-13-23(21)26)14-15-25(31)27-16-24(29(3)4)20-10-6-5-7-11-20/h5-15,24H,16-17H2,1-4H3,(H,27,31)/b15-14+. The molecule has 1 atom stereocenters. The lowest BCUT2D eigenvalue weighted by molar-refractivity contribution is -0.116. The third-order valence-corrected chi connectivity index (χ3v) is 5.76. The maximum Gasteiger partial charge on any atom is 0.244 e. The number of hydrogen-bond donors (Lipinski definition) is 1. The molecular formula is C25H29ClN4O. The van der Waals surface area contributed by atoms with Crippen LogP contribution in [0.2, 0.25) is 5.02 Å². The summed E-state index contributed by atoms with van der Waals surface area (Å²) in [6.45, 7) is 5.08. The molecule has 0 aliphatic carbocycles. The molecular weight excluding hydrogens is 408 g/mol. The molecule has 1 amide bonds. The molecule has 1 unspecified atom stereocenters. The topological polar surface area (TPSA) is 50.2 Å². The molecule has 0 radical (unpaired) electrons. The highest BCUT2D eigenvalue weighted by molar-refractivity contribution is 6.31. The van der Waals surface area contributed by atoms with Gasteiger partial charge in [-0.3, -0.25) is 9.48 Å². The maximum absolute atomic E-state index is 12.5. The number of hydrogen-bond acceptors (Lipinski definition) is 3. The van der Waals surface area contributed by atoms with E-state index in [4.69, 9.17) is 11.6 Å². The van der Waals surface area contributed by atoms with E-state index in [2.05, 4.69) is 27.4 Å². The molecule has 2 aromatic carbocycles. The van der Waals surface area contributed by atoms with Gasteiger partial charge in [0, 0.05) is 28.9 Å². The minimum absolute atomic E-state index is 0.111. The Morgan fingerprint density at radius 2 is 1.81 bits per heavy atom. The minimum Gasteiger partial charge on any atom is -0.351 e. The predicted molar refractivity (Wildman–Crippen MR) is 127 cm³/mol. The summed E-state index contributed by atoms with van der Waals surface area (Å²) < 4.78 is 1.92. The number of aromatic nitrogens is 2. The van der Waals surface area contributed by atoms with Crippen LogP contribution in [0.1, 0.15) is 34.1 Å². The summed E-state index contributed by atoms with van der Waals surface area (Å²) in [6, 6.07) is 18.0. The first kappa shape index (κ1) is 22.8. The SMILES string of the molecule is Cc1nn(Cc2ccccc2Cl)c(C)c1/C=C/C(=O)NCC(c1ccccc1)N(C)C. The van der Waals surface area contributed by atoms with Gasteiger partial charge in [0.25, 0.3) is 0 Å². The largest absolute Gasteiger partial charge is 0.351 e. The van der Waals surface area contributed by atoms with E-state index in [0.29, 0.717) is 13.1 Å². The molecule has 0 aliphatic heterocycles. The summed E-state index contributed by atoms with van der Waals surface area (Å²) in [5, 5.41) is 8.37. The van der Waals surface area contributed by atoms with Gasteiger partial charge in [-0.05, 0) is 51.2 Å². The molecule has 3 aromatic rings. The van der Waals surface area contributed by atoms with Gasteiger partial charge in [0.05, 0.1) is 18.3 Å². The first-order valence-electron chi connectivity index (χ1n) is 10.3. The van der Waals surface area contributed by atoms with E-state index >= 15 is 0 Å². The number of rotatable bonds is 8. The lowest BCUT2D eigenvalue weighted by atomic mass is 10.1. The van der Waals surface area contributed by atoms with Crippen LogP contribution < -0.4 is 5.32 Å². The second-order valence-corrected chi connectivity index (χ2v) is 8.21. The Kier molecular flexibility index (Phi) is 7.66. The Morgan fingerprint density at radius 1 is 1.13 bits per heavy atom. The van der Waals surface area contributed by atoms with Gasteiger partial charge in [-0.2, -0.15) is 5.10 Å². The average molecular weight is 437 g/mol. The first-order chi connectivity index (χ1) is 14.9. The molecule has 1 heterocycles. The number of aryl methyl sites for hydroxylation is 1. The molecule has 0 saturated heterocycles. The fourth-order valence-corrected chi connectivity index (χ4v) is 3.78. The first-order valence-corrected chi connectivity index (χ1v) is 10.7.